The average Bonchev–Trinajstić information content (AvgIpc) is 2.27. The van der Waals surface area contributed by atoms with Crippen LogP contribution in [0.4, 0.5) is 0 Å². The first-order chi connectivity index (χ1) is 9.10. The van der Waals surface area contributed by atoms with Crippen LogP contribution in [0.5, 0.6) is 5.75 Å². The number of hydrogen-bond donors (Lipinski definition) is 1. The van der Waals surface area contributed by atoms with Crippen molar-refractivity contribution < 1.29 is 17.9 Å². The molecule has 112 valence electrons. The molecule has 0 aliphatic rings. The zero-order valence-corrected chi connectivity index (χ0v) is 13.4. The molecule has 0 saturated carbocycles. The number of aryl methyl sites for hydroxylation is 1. The fourth-order valence-corrected chi connectivity index (χ4v) is 2.27. The highest BCUT2D eigenvalue weighted by atomic mass is 35.5. The largest absolute Gasteiger partial charge is 0.483 e. The summed E-state index contributed by atoms with van der Waals surface area (Å²) in [6.07, 6.45) is 0.914. The average molecular weight is 320 g/mol. The van der Waals surface area contributed by atoms with Crippen LogP contribution in [0.3, 0.4) is 0 Å². The predicted molar refractivity (Wildman–Crippen MR) is 78.8 cm³/mol. The molecule has 0 unspecified atom stereocenters. The van der Waals surface area contributed by atoms with Crippen LogP contribution in [0.2, 0.25) is 5.02 Å². The summed E-state index contributed by atoms with van der Waals surface area (Å²) in [5.41, 5.74) is 1.70. The first-order valence-electron chi connectivity index (χ1n) is 6.03. The number of hydrogen-bond acceptors (Lipinski definition) is 4. The summed E-state index contributed by atoms with van der Waals surface area (Å²) in [6, 6.07) is 3.54. The number of amides is 1. The minimum Gasteiger partial charge on any atom is -0.483 e. The van der Waals surface area contributed by atoms with Gasteiger partial charge in [0.25, 0.3) is 5.91 Å². The second-order valence-electron chi connectivity index (χ2n) is 4.88. The summed E-state index contributed by atoms with van der Waals surface area (Å²) in [7, 11) is -3.57. The summed E-state index contributed by atoms with van der Waals surface area (Å²) >= 11 is 6.07. The maximum absolute atomic E-state index is 11.4. The van der Waals surface area contributed by atoms with Gasteiger partial charge in [0.05, 0.1) is 6.26 Å². The van der Waals surface area contributed by atoms with Crippen molar-refractivity contribution in [3.8, 4) is 5.75 Å². The smallest absolute Gasteiger partial charge is 0.271 e. The summed E-state index contributed by atoms with van der Waals surface area (Å²) in [5.74, 6) is -0.0126. The van der Waals surface area contributed by atoms with Gasteiger partial charge in [-0.1, -0.05) is 25.4 Å². The Kier molecular flexibility index (Phi) is 5.42. The monoisotopic (exact) mass is 319 g/mol. The molecule has 0 heterocycles. The summed E-state index contributed by atoms with van der Waals surface area (Å²) in [4.78, 5) is 11.4. The molecular weight excluding hydrogens is 302 g/mol. The highest BCUT2D eigenvalue weighted by Crippen LogP contribution is 2.31. The van der Waals surface area contributed by atoms with E-state index in [1.807, 2.05) is 25.5 Å². The second kappa shape index (κ2) is 6.45. The van der Waals surface area contributed by atoms with Gasteiger partial charge in [-0.25, -0.2) is 8.42 Å². The lowest BCUT2D eigenvalue weighted by Crippen LogP contribution is -2.33. The van der Waals surface area contributed by atoms with E-state index in [0.717, 1.165) is 17.4 Å². The molecule has 0 aliphatic carbocycles. The second-order valence-corrected chi connectivity index (χ2v) is 7.04. The Morgan fingerprint density at radius 1 is 1.40 bits per heavy atom. The van der Waals surface area contributed by atoms with Gasteiger partial charge < -0.3 is 4.74 Å². The Morgan fingerprint density at radius 3 is 2.50 bits per heavy atom. The third-order valence-corrected chi connectivity index (χ3v) is 3.58. The number of halogens is 1. The normalized spacial score (nSPS) is 11.5. The van der Waals surface area contributed by atoms with Crippen molar-refractivity contribution in [2.75, 3.05) is 12.9 Å². The lowest BCUT2D eigenvalue weighted by Gasteiger charge is -2.15. The Labute approximate surface area is 124 Å². The van der Waals surface area contributed by atoms with Crippen LogP contribution < -0.4 is 9.46 Å². The minimum absolute atomic E-state index is 0.168. The minimum atomic E-state index is -3.57. The Bertz CT molecular complexity index is 611. The van der Waals surface area contributed by atoms with Gasteiger partial charge in [0, 0.05) is 5.02 Å². The molecule has 1 aromatic carbocycles. The number of nitrogens with one attached hydrogen (secondary N) is 1. The van der Waals surface area contributed by atoms with Crippen molar-refractivity contribution in [3.05, 3.63) is 28.3 Å². The van der Waals surface area contributed by atoms with Gasteiger partial charge in [-0.3, -0.25) is 9.52 Å². The van der Waals surface area contributed by atoms with E-state index in [4.69, 9.17) is 16.3 Å². The number of carbonyl (C=O) groups excluding carboxylic acids is 1. The Morgan fingerprint density at radius 2 is 2.00 bits per heavy atom. The van der Waals surface area contributed by atoms with E-state index >= 15 is 0 Å². The van der Waals surface area contributed by atoms with Crippen molar-refractivity contribution in [2.24, 2.45) is 0 Å². The van der Waals surface area contributed by atoms with Crippen molar-refractivity contribution in [1.82, 2.24) is 4.72 Å². The standard InChI is InChI=1S/C13H18ClNO4S/c1-8(2)10-6-11(14)9(3)5-12(10)19-7-13(16)15-20(4,17)18/h5-6,8H,7H2,1-4H3,(H,15,16). The number of ether oxygens (including phenoxy) is 1. The van der Waals surface area contributed by atoms with Gasteiger partial charge in [0.15, 0.2) is 6.61 Å². The summed E-state index contributed by atoms with van der Waals surface area (Å²) in [5, 5.41) is 0.627. The molecule has 0 aliphatic heterocycles. The maximum atomic E-state index is 11.4. The molecule has 20 heavy (non-hydrogen) atoms. The van der Waals surface area contributed by atoms with Crippen LogP contribution >= 0.6 is 11.6 Å². The van der Waals surface area contributed by atoms with Gasteiger partial charge in [-0.2, -0.15) is 0 Å². The molecule has 0 bridgehead atoms. The zero-order chi connectivity index (χ0) is 15.5. The van der Waals surface area contributed by atoms with E-state index in [1.165, 1.54) is 0 Å². The third kappa shape index (κ3) is 5.02. The number of carbonyl (C=O) groups is 1. The Hall–Kier alpha value is -1.27. The van der Waals surface area contributed by atoms with Crippen molar-refractivity contribution in [2.45, 2.75) is 26.7 Å². The zero-order valence-electron chi connectivity index (χ0n) is 11.9. The molecular formula is C13H18ClNO4S. The molecule has 0 fully saturated rings. The number of rotatable bonds is 5. The van der Waals surface area contributed by atoms with Crippen LogP contribution in [0, 0.1) is 6.92 Å². The molecule has 5 nitrogen and oxygen atoms in total. The third-order valence-electron chi connectivity index (χ3n) is 2.57. The van der Waals surface area contributed by atoms with Gasteiger partial charge in [-0.15, -0.1) is 0 Å². The fraction of sp³-hybridized carbons (Fsp3) is 0.462. The number of sulfonamides is 1. The quantitative estimate of drug-likeness (QED) is 0.903. The highest BCUT2D eigenvalue weighted by molar-refractivity contribution is 7.89. The molecule has 0 radical (unpaired) electrons. The van der Waals surface area contributed by atoms with E-state index in [1.54, 1.807) is 12.1 Å². The summed E-state index contributed by atoms with van der Waals surface area (Å²) < 4.78 is 29.1. The van der Waals surface area contributed by atoms with Crippen molar-refractivity contribution >= 4 is 27.5 Å². The van der Waals surface area contributed by atoms with Crippen LogP contribution in [0.15, 0.2) is 12.1 Å². The molecule has 0 saturated heterocycles. The number of benzene rings is 1. The first-order valence-corrected chi connectivity index (χ1v) is 8.30. The molecule has 7 heteroatoms. The lowest BCUT2D eigenvalue weighted by atomic mass is 10.0. The topological polar surface area (TPSA) is 72.5 Å². The molecule has 1 amide bonds. The van der Waals surface area contributed by atoms with Crippen molar-refractivity contribution in [3.63, 3.8) is 0 Å². The van der Waals surface area contributed by atoms with Gasteiger partial charge >= 0.3 is 0 Å². The van der Waals surface area contributed by atoms with Gasteiger partial charge in [-0.05, 0) is 36.1 Å². The predicted octanol–water partition coefficient (Wildman–Crippen LogP) is 2.23. The van der Waals surface area contributed by atoms with E-state index in [9.17, 15) is 13.2 Å². The van der Waals surface area contributed by atoms with Crippen LogP contribution in [-0.4, -0.2) is 27.2 Å². The van der Waals surface area contributed by atoms with E-state index in [2.05, 4.69) is 0 Å². The van der Waals surface area contributed by atoms with Crippen molar-refractivity contribution in [1.29, 1.82) is 0 Å². The highest BCUT2D eigenvalue weighted by Gasteiger charge is 2.14. The SMILES string of the molecule is Cc1cc(OCC(=O)NS(C)(=O)=O)c(C(C)C)cc1Cl. The molecule has 0 spiro atoms. The molecule has 0 atom stereocenters. The van der Waals surface area contributed by atoms with Gasteiger partial charge in [0.1, 0.15) is 5.75 Å². The Balaban J connectivity index is 2.87. The van der Waals surface area contributed by atoms with E-state index < -0.39 is 15.9 Å². The first kappa shape index (κ1) is 16.8. The summed E-state index contributed by atoms with van der Waals surface area (Å²) in [6.45, 7) is 5.42. The van der Waals surface area contributed by atoms with E-state index in [-0.39, 0.29) is 12.5 Å². The van der Waals surface area contributed by atoms with Gasteiger partial charge in [0.2, 0.25) is 10.0 Å². The molecule has 1 N–H and O–H groups in total. The molecule has 1 aromatic rings. The fourth-order valence-electron chi connectivity index (χ4n) is 1.63. The van der Waals surface area contributed by atoms with E-state index in [0.29, 0.717) is 10.8 Å². The molecule has 1 rings (SSSR count). The van der Waals surface area contributed by atoms with Crippen LogP contribution in [0.25, 0.3) is 0 Å². The van der Waals surface area contributed by atoms with Crippen LogP contribution in [-0.2, 0) is 14.8 Å². The molecule has 0 aromatic heterocycles. The lowest BCUT2D eigenvalue weighted by molar-refractivity contribution is -0.121. The van der Waals surface area contributed by atoms with Crippen LogP contribution in [0.1, 0.15) is 30.9 Å². The maximum Gasteiger partial charge on any atom is 0.271 e.